The van der Waals surface area contributed by atoms with Gasteiger partial charge in [-0.15, -0.1) is 0 Å². The van der Waals surface area contributed by atoms with Crippen LogP contribution in [0.2, 0.25) is 0 Å². The van der Waals surface area contributed by atoms with Crippen molar-refractivity contribution in [2.75, 3.05) is 18.5 Å². The molecule has 1 aromatic rings. The molecule has 84 valence electrons. The molecule has 0 spiro atoms. The Kier molecular flexibility index (Phi) is 5.19. The summed E-state index contributed by atoms with van der Waals surface area (Å²) in [4.78, 5) is 0. The van der Waals surface area contributed by atoms with Crippen molar-refractivity contribution in [2.45, 2.75) is 33.2 Å². The molecule has 2 rings (SSSR count). The molecule has 1 fully saturated rings. The lowest BCUT2D eigenvalue weighted by Crippen LogP contribution is -2.18. The highest BCUT2D eigenvalue weighted by Gasteiger charge is 2.14. The van der Waals surface area contributed by atoms with Crippen LogP contribution in [0.5, 0.6) is 0 Å². The molecule has 1 aliphatic heterocycles. The van der Waals surface area contributed by atoms with Gasteiger partial charge in [0, 0.05) is 12.3 Å². The molecule has 1 aliphatic rings. The zero-order chi connectivity index (χ0) is 11.1. The first-order valence-corrected chi connectivity index (χ1v) is 5.75. The summed E-state index contributed by atoms with van der Waals surface area (Å²) in [6, 6.07) is 8.95. The van der Waals surface area contributed by atoms with Gasteiger partial charge in [-0.25, -0.2) is 0 Å². The summed E-state index contributed by atoms with van der Waals surface area (Å²) in [5, 5.41) is 3.46. The van der Waals surface area contributed by atoms with E-state index in [0.29, 0.717) is 6.04 Å². The SMILES string of the molecule is CC.Cc1cccc(NC2CCOC2)c1. The van der Waals surface area contributed by atoms with E-state index in [2.05, 4.69) is 36.5 Å². The molecule has 1 atom stereocenters. The lowest BCUT2D eigenvalue weighted by Gasteiger charge is -2.12. The minimum absolute atomic E-state index is 0.502. The van der Waals surface area contributed by atoms with Crippen LogP contribution in [-0.2, 0) is 4.74 Å². The molecule has 0 aromatic heterocycles. The van der Waals surface area contributed by atoms with Crippen molar-refractivity contribution in [1.82, 2.24) is 0 Å². The Bertz CT molecular complexity index is 280. The van der Waals surface area contributed by atoms with E-state index >= 15 is 0 Å². The third-order valence-electron chi connectivity index (χ3n) is 2.32. The molecule has 1 aromatic carbocycles. The average molecular weight is 207 g/mol. The molecule has 0 amide bonds. The van der Waals surface area contributed by atoms with Crippen molar-refractivity contribution < 1.29 is 4.74 Å². The van der Waals surface area contributed by atoms with Gasteiger partial charge in [0.1, 0.15) is 0 Å². The van der Waals surface area contributed by atoms with Crippen LogP contribution < -0.4 is 5.32 Å². The highest BCUT2D eigenvalue weighted by Crippen LogP contribution is 2.14. The Morgan fingerprint density at radius 3 is 2.73 bits per heavy atom. The lowest BCUT2D eigenvalue weighted by atomic mass is 10.2. The largest absolute Gasteiger partial charge is 0.380 e. The summed E-state index contributed by atoms with van der Waals surface area (Å²) in [6.07, 6.45) is 1.12. The number of aryl methyl sites for hydroxylation is 1. The van der Waals surface area contributed by atoms with Crippen molar-refractivity contribution >= 4 is 5.69 Å². The van der Waals surface area contributed by atoms with Gasteiger partial charge in [-0.2, -0.15) is 0 Å². The second-order valence-corrected chi connectivity index (χ2v) is 3.57. The number of ether oxygens (including phenoxy) is 1. The standard InChI is InChI=1S/C11H15NO.C2H6/c1-9-3-2-4-10(7-9)12-11-5-6-13-8-11;1-2/h2-4,7,11-12H,5-6,8H2,1H3;1-2H3. The number of hydrogen-bond acceptors (Lipinski definition) is 2. The van der Waals surface area contributed by atoms with Crippen LogP contribution in [0.3, 0.4) is 0 Å². The van der Waals surface area contributed by atoms with Gasteiger partial charge in [0.15, 0.2) is 0 Å². The molecule has 1 N–H and O–H groups in total. The van der Waals surface area contributed by atoms with Crippen LogP contribution in [-0.4, -0.2) is 19.3 Å². The van der Waals surface area contributed by atoms with E-state index in [4.69, 9.17) is 4.74 Å². The Morgan fingerprint density at radius 2 is 2.13 bits per heavy atom. The van der Waals surface area contributed by atoms with E-state index in [1.165, 1.54) is 11.3 Å². The van der Waals surface area contributed by atoms with Crippen LogP contribution in [0.15, 0.2) is 24.3 Å². The van der Waals surface area contributed by atoms with Crippen LogP contribution in [0.4, 0.5) is 5.69 Å². The third-order valence-corrected chi connectivity index (χ3v) is 2.32. The maximum atomic E-state index is 5.30. The minimum Gasteiger partial charge on any atom is -0.380 e. The molecule has 1 saturated heterocycles. The zero-order valence-corrected chi connectivity index (χ0v) is 9.92. The van der Waals surface area contributed by atoms with E-state index in [0.717, 1.165) is 19.6 Å². The highest BCUT2D eigenvalue weighted by atomic mass is 16.5. The molecule has 1 unspecified atom stereocenters. The summed E-state index contributed by atoms with van der Waals surface area (Å²) in [5.41, 5.74) is 2.50. The maximum Gasteiger partial charge on any atom is 0.0668 e. The Hall–Kier alpha value is -1.02. The van der Waals surface area contributed by atoms with E-state index in [1.807, 2.05) is 13.8 Å². The Balaban J connectivity index is 0.000000531. The molecule has 15 heavy (non-hydrogen) atoms. The maximum absolute atomic E-state index is 5.30. The first-order chi connectivity index (χ1) is 7.34. The predicted molar refractivity (Wildman–Crippen MR) is 65.4 cm³/mol. The van der Waals surface area contributed by atoms with E-state index in [-0.39, 0.29) is 0 Å². The Labute approximate surface area is 92.6 Å². The fourth-order valence-corrected chi connectivity index (χ4v) is 1.62. The molecular weight excluding hydrogens is 186 g/mol. The molecule has 0 saturated carbocycles. The second-order valence-electron chi connectivity index (χ2n) is 3.57. The van der Waals surface area contributed by atoms with Gasteiger partial charge < -0.3 is 10.1 Å². The monoisotopic (exact) mass is 207 g/mol. The van der Waals surface area contributed by atoms with E-state index < -0.39 is 0 Å². The Morgan fingerprint density at radius 1 is 1.33 bits per heavy atom. The van der Waals surface area contributed by atoms with Crippen LogP contribution in [0.25, 0.3) is 0 Å². The van der Waals surface area contributed by atoms with Crippen LogP contribution in [0, 0.1) is 6.92 Å². The first-order valence-electron chi connectivity index (χ1n) is 5.75. The van der Waals surface area contributed by atoms with Crippen molar-refractivity contribution in [1.29, 1.82) is 0 Å². The summed E-state index contributed by atoms with van der Waals surface area (Å²) in [5.74, 6) is 0. The molecular formula is C13H21NO. The summed E-state index contributed by atoms with van der Waals surface area (Å²) < 4.78 is 5.30. The van der Waals surface area contributed by atoms with Crippen molar-refractivity contribution in [3.8, 4) is 0 Å². The smallest absolute Gasteiger partial charge is 0.0668 e. The topological polar surface area (TPSA) is 21.3 Å². The minimum atomic E-state index is 0.502. The van der Waals surface area contributed by atoms with Gasteiger partial charge >= 0.3 is 0 Å². The van der Waals surface area contributed by atoms with Gasteiger partial charge in [-0.05, 0) is 31.0 Å². The molecule has 0 radical (unpaired) electrons. The molecule has 2 heteroatoms. The van der Waals surface area contributed by atoms with E-state index in [1.54, 1.807) is 0 Å². The van der Waals surface area contributed by atoms with Gasteiger partial charge in [0.2, 0.25) is 0 Å². The summed E-state index contributed by atoms with van der Waals surface area (Å²) in [7, 11) is 0. The van der Waals surface area contributed by atoms with Crippen molar-refractivity contribution in [3.63, 3.8) is 0 Å². The number of rotatable bonds is 2. The van der Waals surface area contributed by atoms with E-state index in [9.17, 15) is 0 Å². The number of nitrogens with one attached hydrogen (secondary N) is 1. The quantitative estimate of drug-likeness (QED) is 0.804. The van der Waals surface area contributed by atoms with Crippen LogP contribution in [0.1, 0.15) is 25.8 Å². The highest BCUT2D eigenvalue weighted by molar-refractivity contribution is 5.46. The predicted octanol–water partition coefficient (Wildman–Crippen LogP) is 3.22. The van der Waals surface area contributed by atoms with Gasteiger partial charge in [0.05, 0.1) is 12.6 Å². The second kappa shape index (κ2) is 6.46. The first kappa shape index (κ1) is 12.1. The molecule has 0 aliphatic carbocycles. The van der Waals surface area contributed by atoms with Crippen molar-refractivity contribution in [2.24, 2.45) is 0 Å². The lowest BCUT2D eigenvalue weighted by molar-refractivity contribution is 0.195. The third kappa shape index (κ3) is 3.92. The zero-order valence-electron chi connectivity index (χ0n) is 9.92. The molecule has 0 bridgehead atoms. The average Bonchev–Trinajstić information content (AvgIpc) is 2.74. The number of anilines is 1. The molecule has 2 nitrogen and oxygen atoms in total. The fourth-order valence-electron chi connectivity index (χ4n) is 1.62. The summed E-state index contributed by atoms with van der Waals surface area (Å²) in [6.45, 7) is 7.84. The molecule has 1 heterocycles. The van der Waals surface area contributed by atoms with Gasteiger partial charge in [-0.1, -0.05) is 26.0 Å². The van der Waals surface area contributed by atoms with Crippen LogP contribution >= 0.6 is 0 Å². The normalized spacial score (nSPS) is 19.3. The number of hydrogen-bond donors (Lipinski definition) is 1. The summed E-state index contributed by atoms with van der Waals surface area (Å²) >= 11 is 0. The van der Waals surface area contributed by atoms with Crippen molar-refractivity contribution in [3.05, 3.63) is 29.8 Å². The number of benzene rings is 1. The fraction of sp³-hybridized carbons (Fsp3) is 0.538. The van der Waals surface area contributed by atoms with Gasteiger partial charge in [0.25, 0.3) is 0 Å². The van der Waals surface area contributed by atoms with Gasteiger partial charge in [-0.3, -0.25) is 0 Å².